The lowest BCUT2D eigenvalue weighted by Crippen LogP contribution is -2.30. The van der Waals surface area contributed by atoms with Crippen LogP contribution in [0.4, 0.5) is 0 Å². The highest BCUT2D eigenvalue weighted by Crippen LogP contribution is 2.16. The van der Waals surface area contributed by atoms with Crippen LogP contribution in [0.5, 0.6) is 0 Å². The summed E-state index contributed by atoms with van der Waals surface area (Å²) in [5, 5.41) is 0. The van der Waals surface area contributed by atoms with E-state index in [-0.39, 0.29) is 31.1 Å². The van der Waals surface area contributed by atoms with Gasteiger partial charge in [0.15, 0.2) is 6.10 Å². The van der Waals surface area contributed by atoms with Crippen molar-refractivity contribution in [2.75, 3.05) is 13.2 Å². The van der Waals surface area contributed by atoms with E-state index in [0.29, 0.717) is 19.3 Å². The number of carbonyl (C=O) groups is 3. The van der Waals surface area contributed by atoms with Gasteiger partial charge in [0.05, 0.1) is 0 Å². The maximum atomic E-state index is 12.9. The molecule has 0 aromatic carbocycles. The van der Waals surface area contributed by atoms with Crippen molar-refractivity contribution < 1.29 is 28.6 Å². The molecule has 0 aliphatic heterocycles. The maximum absolute atomic E-state index is 12.9. The second-order valence-electron chi connectivity index (χ2n) is 21.6. The summed E-state index contributed by atoms with van der Waals surface area (Å²) in [5.74, 6) is -0.931. The molecular weight excluding hydrogens is 973 g/mol. The van der Waals surface area contributed by atoms with E-state index in [1.165, 1.54) is 128 Å². The Morgan fingerprint density at radius 2 is 0.494 bits per heavy atom. The monoisotopic (exact) mass is 1090 g/mol. The molecule has 0 radical (unpaired) electrons. The van der Waals surface area contributed by atoms with Gasteiger partial charge in [-0.2, -0.15) is 0 Å². The molecule has 0 aromatic rings. The third-order valence-corrected chi connectivity index (χ3v) is 13.9. The SMILES string of the molecule is CC/C=C\C/C=C\C/C=C\C/C=C\C/C=C\CCCCCCCCCC(=O)OC(COC(=O)CCCCC/C=C\C/C=C\C/C=C\CC)COC(=O)CCCCCCCCCCCCCCC/C=C\C/C=C\CCCCCCC. The fourth-order valence-corrected chi connectivity index (χ4v) is 9.04. The molecule has 0 aromatic heterocycles. The van der Waals surface area contributed by atoms with E-state index in [2.05, 4.69) is 142 Å². The zero-order valence-corrected chi connectivity index (χ0v) is 51.6. The van der Waals surface area contributed by atoms with E-state index in [4.69, 9.17) is 14.2 Å². The molecule has 6 nitrogen and oxygen atoms in total. The van der Waals surface area contributed by atoms with Gasteiger partial charge in [-0.15, -0.1) is 0 Å². The van der Waals surface area contributed by atoms with Gasteiger partial charge in [-0.05, 0) is 128 Å². The minimum Gasteiger partial charge on any atom is -0.462 e. The zero-order valence-electron chi connectivity index (χ0n) is 51.6. The molecule has 79 heavy (non-hydrogen) atoms. The number of rotatable bonds is 59. The van der Waals surface area contributed by atoms with Crippen LogP contribution < -0.4 is 0 Å². The molecule has 0 aliphatic carbocycles. The Morgan fingerprint density at radius 1 is 0.266 bits per heavy atom. The number of unbranched alkanes of at least 4 members (excludes halogenated alkanes) is 28. The van der Waals surface area contributed by atoms with Crippen molar-refractivity contribution in [2.45, 2.75) is 309 Å². The lowest BCUT2D eigenvalue weighted by molar-refractivity contribution is -0.167. The van der Waals surface area contributed by atoms with Crippen LogP contribution in [0.15, 0.2) is 122 Å². The minimum atomic E-state index is -0.801. The average molecular weight is 1100 g/mol. The molecule has 0 amide bonds. The quantitative estimate of drug-likeness (QED) is 0.0261. The number of esters is 3. The molecule has 0 N–H and O–H groups in total. The normalized spacial score (nSPS) is 12.9. The van der Waals surface area contributed by atoms with Crippen LogP contribution in [0.25, 0.3) is 0 Å². The van der Waals surface area contributed by atoms with Gasteiger partial charge in [0.2, 0.25) is 0 Å². The van der Waals surface area contributed by atoms with Crippen LogP contribution in [0.3, 0.4) is 0 Å². The molecule has 450 valence electrons. The van der Waals surface area contributed by atoms with E-state index < -0.39 is 6.10 Å². The van der Waals surface area contributed by atoms with Gasteiger partial charge in [-0.25, -0.2) is 0 Å². The Morgan fingerprint density at radius 3 is 0.785 bits per heavy atom. The van der Waals surface area contributed by atoms with Gasteiger partial charge < -0.3 is 14.2 Å². The van der Waals surface area contributed by atoms with E-state index in [9.17, 15) is 14.4 Å². The molecule has 6 heteroatoms. The van der Waals surface area contributed by atoms with Crippen molar-refractivity contribution in [3.05, 3.63) is 122 Å². The molecule has 0 spiro atoms. The van der Waals surface area contributed by atoms with E-state index in [0.717, 1.165) is 135 Å². The van der Waals surface area contributed by atoms with Crippen LogP contribution in [-0.4, -0.2) is 37.2 Å². The highest BCUT2D eigenvalue weighted by atomic mass is 16.6. The van der Waals surface area contributed by atoms with Crippen LogP contribution in [0.2, 0.25) is 0 Å². The largest absolute Gasteiger partial charge is 0.462 e. The van der Waals surface area contributed by atoms with Crippen LogP contribution >= 0.6 is 0 Å². The number of ether oxygens (including phenoxy) is 3. The molecule has 0 aliphatic rings. The zero-order chi connectivity index (χ0) is 57.1. The van der Waals surface area contributed by atoms with Crippen molar-refractivity contribution >= 4 is 17.9 Å². The van der Waals surface area contributed by atoms with E-state index in [1.807, 2.05) is 0 Å². The fourth-order valence-electron chi connectivity index (χ4n) is 9.04. The summed E-state index contributed by atoms with van der Waals surface area (Å²) in [6, 6.07) is 0. The van der Waals surface area contributed by atoms with Gasteiger partial charge in [-0.1, -0.05) is 277 Å². The predicted molar refractivity (Wildman–Crippen MR) is 343 cm³/mol. The molecule has 1 atom stereocenters. The number of carbonyl (C=O) groups excluding carboxylic acids is 3. The Kier molecular flexibility index (Phi) is 62.8. The Labute approximate surface area is 488 Å². The number of hydrogen-bond acceptors (Lipinski definition) is 6. The molecule has 1 unspecified atom stereocenters. The highest BCUT2D eigenvalue weighted by molar-refractivity contribution is 5.71. The second-order valence-corrected chi connectivity index (χ2v) is 21.6. The Bertz CT molecular complexity index is 1640. The predicted octanol–water partition coefficient (Wildman–Crippen LogP) is 22.8. The highest BCUT2D eigenvalue weighted by Gasteiger charge is 2.19. The summed E-state index contributed by atoms with van der Waals surface area (Å²) >= 11 is 0. The lowest BCUT2D eigenvalue weighted by Gasteiger charge is -2.18. The Balaban J connectivity index is 4.35. The van der Waals surface area contributed by atoms with Crippen molar-refractivity contribution in [1.82, 2.24) is 0 Å². The summed E-state index contributed by atoms with van der Waals surface area (Å²) in [6.45, 7) is 6.39. The molecule has 0 saturated heterocycles. The van der Waals surface area contributed by atoms with Crippen LogP contribution in [0.1, 0.15) is 303 Å². The molecule has 0 bridgehead atoms. The second kappa shape index (κ2) is 66.3. The van der Waals surface area contributed by atoms with E-state index in [1.54, 1.807) is 0 Å². The first kappa shape index (κ1) is 74.8. The van der Waals surface area contributed by atoms with Gasteiger partial charge in [0.1, 0.15) is 13.2 Å². The van der Waals surface area contributed by atoms with Gasteiger partial charge in [0.25, 0.3) is 0 Å². The summed E-state index contributed by atoms with van der Waals surface area (Å²) < 4.78 is 16.9. The number of hydrogen-bond donors (Lipinski definition) is 0. The van der Waals surface area contributed by atoms with Crippen LogP contribution in [0, 0.1) is 0 Å². The molecule has 0 saturated carbocycles. The number of allylic oxidation sites excluding steroid dienone is 20. The lowest BCUT2D eigenvalue weighted by atomic mass is 10.0. The molecule has 0 fully saturated rings. The van der Waals surface area contributed by atoms with Gasteiger partial charge in [0, 0.05) is 19.3 Å². The fraction of sp³-hybridized carbons (Fsp3) is 0.685. The minimum absolute atomic E-state index is 0.0940. The van der Waals surface area contributed by atoms with Crippen molar-refractivity contribution in [3.8, 4) is 0 Å². The van der Waals surface area contributed by atoms with Crippen LogP contribution in [-0.2, 0) is 28.6 Å². The maximum Gasteiger partial charge on any atom is 0.306 e. The topological polar surface area (TPSA) is 78.9 Å². The summed E-state index contributed by atoms with van der Waals surface area (Å²) in [5.41, 5.74) is 0. The van der Waals surface area contributed by atoms with E-state index >= 15 is 0 Å². The smallest absolute Gasteiger partial charge is 0.306 e. The summed E-state index contributed by atoms with van der Waals surface area (Å²) in [6.07, 6.45) is 92.1. The first-order valence-electron chi connectivity index (χ1n) is 33.0. The van der Waals surface area contributed by atoms with Crippen molar-refractivity contribution in [3.63, 3.8) is 0 Å². The van der Waals surface area contributed by atoms with Crippen molar-refractivity contribution in [1.29, 1.82) is 0 Å². The first-order chi connectivity index (χ1) is 39.0. The third kappa shape index (κ3) is 64.5. The molecular formula is C73H122O6. The summed E-state index contributed by atoms with van der Waals surface area (Å²) in [7, 11) is 0. The standard InChI is InChI=1S/C73H122O6/c1-4-7-10-13-16-19-22-25-27-29-31-33-35-36-38-39-41-43-45-48-51-54-57-60-63-66-72(75)78-69-70(68-77-71(74)65-62-59-56-53-50-47-24-21-18-15-12-9-6-3)79-73(76)67-64-61-58-55-52-49-46-44-42-40-37-34-32-30-28-26-23-20-17-14-11-8-5-2/h8-9,11-12,17-18,20-22,25-26,28-29,31-32,34,40,42,47,50,70H,4-7,10,13-16,19,23-24,27,30,33,35-39,41,43-46,48-49,51-69H2,1-3H3/b11-8-,12-9-,20-17-,21-18-,25-22-,28-26-,31-29-,34-32-,42-40-,50-47-. The summed E-state index contributed by atoms with van der Waals surface area (Å²) in [4.78, 5) is 38.3. The first-order valence-corrected chi connectivity index (χ1v) is 33.0. The molecule has 0 rings (SSSR count). The Hall–Kier alpha value is -4.19. The van der Waals surface area contributed by atoms with Gasteiger partial charge in [-0.3, -0.25) is 14.4 Å². The third-order valence-electron chi connectivity index (χ3n) is 13.9. The van der Waals surface area contributed by atoms with Gasteiger partial charge >= 0.3 is 17.9 Å². The molecule has 0 heterocycles. The van der Waals surface area contributed by atoms with Crippen molar-refractivity contribution in [2.24, 2.45) is 0 Å². The average Bonchev–Trinajstić information content (AvgIpc) is 3.45.